The van der Waals surface area contributed by atoms with Crippen molar-refractivity contribution in [2.24, 2.45) is 15.9 Å². The summed E-state index contributed by atoms with van der Waals surface area (Å²) in [6.07, 6.45) is 21.7. The first kappa shape index (κ1) is 33.6. The number of hydrogen-bond acceptors (Lipinski definition) is 5. The predicted molar refractivity (Wildman–Crippen MR) is 184 cm³/mol. The normalized spacial score (nSPS) is 22.5. The summed E-state index contributed by atoms with van der Waals surface area (Å²) in [6, 6.07) is 0.557. The first-order valence-electron chi connectivity index (χ1n) is 16.3. The van der Waals surface area contributed by atoms with Gasteiger partial charge in [-0.2, -0.15) is 0 Å². The molecule has 1 saturated heterocycles. The van der Waals surface area contributed by atoms with Crippen LogP contribution in [0, 0.1) is 5.92 Å². The molecule has 0 radical (unpaired) electrons. The van der Waals surface area contributed by atoms with Crippen molar-refractivity contribution >= 4 is 11.5 Å². The van der Waals surface area contributed by atoms with Crippen LogP contribution in [0.25, 0.3) is 0 Å². The molecule has 0 aromatic carbocycles. The van der Waals surface area contributed by atoms with Crippen molar-refractivity contribution in [3.05, 3.63) is 82.5 Å². The summed E-state index contributed by atoms with van der Waals surface area (Å²) in [6.45, 7) is 22.9. The number of amidine groups is 1. The van der Waals surface area contributed by atoms with E-state index in [2.05, 4.69) is 118 Å². The van der Waals surface area contributed by atoms with Crippen LogP contribution < -0.4 is 0 Å². The molecular formula is C37H57N5. The van der Waals surface area contributed by atoms with Gasteiger partial charge in [-0.15, -0.1) is 0 Å². The fourth-order valence-corrected chi connectivity index (χ4v) is 5.34. The van der Waals surface area contributed by atoms with Crippen LogP contribution in [0.2, 0.25) is 0 Å². The topological polar surface area (TPSA) is 34.4 Å². The second-order valence-corrected chi connectivity index (χ2v) is 12.3. The molecule has 1 saturated carbocycles. The Kier molecular flexibility index (Phi) is 12.8. The van der Waals surface area contributed by atoms with Gasteiger partial charge < -0.3 is 9.80 Å². The van der Waals surface area contributed by atoms with E-state index in [1.807, 2.05) is 7.05 Å². The second kappa shape index (κ2) is 16.1. The molecule has 4 rings (SSSR count). The zero-order valence-corrected chi connectivity index (χ0v) is 28.1. The molecule has 0 aromatic heterocycles. The molecule has 0 N–H and O–H groups in total. The molecular weight excluding hydrogens is 514 g/mol. The number of allylic oxidation sites excluding steroid dienone is 8. The quantitative estimate of drug-likeness (QED) is 0.157. The summed E-state index contributed by atoms with van der Waals surface area (Å²) in [7, 11) is 4.06. The molecule has 2 atom stereocenters. The van der Waals surface area contributed by atoms with Gasteiger partial charge in [-0.3, -0.25) is 9.89 Å². The van der Waals surface area contributed by atoms with E-state index in [1.165, 1.54) is 61.1 Å². The van der Waals surface area contributed by atoms with Crippen LogP contribution in [0.4, 0.5) is 0 Å². The number of hydrogen-bond donors (Lipinski definition) is 0. The number of rotatable bonds is 9. The Morgan fingerprint density at radius 1 is 1.17 bits per heavy atom. The van der Waals surface area contributed by atoms with Crippen LogP contribution >= 0.6 is 0 Å². The maximum atomic E-state index is 5.02. The summed E-state index contributed by atoms with van der Waals surface area (Å²) in [5, 5.41) is 0. The van der Waals surface area contributed by atoms with Crippen molar-refractivity contribution in [3.63, 3.8) is 0 Å². The highest BCUT2D eigenvalue weighted by molar-refractivity contribution is 6.12. The largest absolute Gasteiger partial charge is 0.367 e. The molecule has 0 aromatic rings. The van der Waals surface area contributed by atoms with Crippen molar-refractivity contribution in [1.82, 2.24) is 14.7 Å². The average Bonchev–Trinajstić information content (AvgIpc) is 2.98. The lowest BCUT2D eigenvalue weighted by molar-refractivity contribution is 0.132. The monoisotopic (exact) mass is 571 g/mol. The molecule has 1 aliphatic carbocycles. The summed E-state index contributed by atoms with van der Waals surface area (Å²) in [5.74, 6) is 1.76. The zero-order valence-electron chi connectivity index (χ0n) is 28.1. The number of aliphatic imine (C=N–C) groups is 2. The van der Waals surface area contributed by atoms with Crippen molar-refractivity contribution < 1.29 is 0 Å². The van der Waals surface area contributed by atoms with E-state index in [0.29, 0.717) is 6.04 Å². The smallest absolute Gasteiger partial charge is 0.137 e. The van der Waals surface area contributed by atoms with Crippen LogP contribution in [0.5, 0.6) is 0 Å². The minimum absolute atomic E-state index is 0.557. The van der Waals surface area contributed by atoms with Gasteiger partial charge in [0.25, 0.3) is 0 Å². The molecule has 0 spiro atoms. The van der Waals surface area contributed by atoms with E-state index in [4.69, 9.17) is 4.99 Å². The Balaban J connectivity index is 0.000000416. The molecule has 42 heavy (non-hydrogen) atoms. The lowest BCUT2D eigenvalue weighted by Crippen LogP contribution is -2.49. The van der Waals surface area contributed by atoms with Crippen LogP contribution in [0.3, 0.4) is 0 Å². The summed E-state index contributed by atoms with van der Waals surface area (Å²) >= 11 is 0. The highest BCUT2D eigenvalue weighted by Gasteiger charge is 2.29. The molecule has 4 aliphatic rings. The van der Waals surface area contributed by atoms with E-state index in [0.717, 1.165) is 54.8 Å². The maximum absolute atomic E-state index is 5.02. The molecule has 2 unspecified atom stereocenters. The average molecular weight is 572 g/mol. The third-order valence-electron chi connectivity index (χ3n) is 9.31. The number of piperazine rings is 1. The lowest BCUT2D eigenvalue weighted by atomic mass is 9.89. The summed E-state index contributed by atoms with van der Waals surface area (Å²) in [5.41, 5.74) is 9.79. The van der Waals surface area contributed by atoms with Gasteiger partial charge in [0, 0.05) is 44.6 Å². The maximum Gasteiger partial charge on any atom is 0.137 e. The van der Waals surface area contributed by atoms with Crippen molar-refractivity contribution in [3.8, 4) is 0 Å². The van der Waals surface area contributed by atoms with E-state index in [9.17, 15) is 0 Å². The molecule has 3 aliphatic heterocycles. The molecule has 2 fully saturated rings. The number of likely N-dealkylation sites (N-methyl/N-ethyl adjacent to an activating group) is 1. The first-order valence-corrected chi connectivity index (χ1v) is 16.3. The van der Waals surface area contributed by atoms with E-state index in [1.54, 1.807) is 5.57 Å². The number of fused-ring (bicyclic) bond motifs is 1. The summed E-state index contributed by atoms with van der Waals surface area (Å²) < 4.78 is 0. The third kappa shape index (κ3) is 8.56. The lowest BCUT2D eigenvalue weighted by Gasteiger charge is -2.41. The fraction of sp³-hybridized carbons (Fsp3) is 0.568. The Morgan fingerprint density at radius 2 is 1.90 bits per heavy atom. The molecule has 230 valence electrons. The number of nitrogens with zero attached hydrogens (tertiary/aromatic N) is 5. The predicted octanol–water partition coefficient (Wildman–Crippen LogP) is 8.83. The molecule has 5 nitrogen and oxygen atoms in total. The highest BCUT2D eigenvalue weighted by Crippen LogP contribution is 2.36. The molecule has 3 heterocycles. The summed E-state index contributed by atoms with van der Waals surface area (Å²) in [4.78, 5) is 16.8. The minimum Gasteiger partial charge on any atom is -0.367 e. The Hall–Kier alpha value is -2.92. The molecule has 0 bridgehead atoms. The first-order chi connectivity index (χ1) is 20.1. The Morgan fingerprint density at radius 3 is 2.48 bits per heavy atom. The van der Waals surface area contributed by atoms with Gasteiger partial charge >= 0.3 is 0 Å². The van der Waals surface area contributed by atoms with E-state index >= 15 is 0 Å². The zero-order chi connectivity index (χ0) is 30.8. The van der Waals surface area contributed by atoms with Crippen molar-refractivity contribution in [1.29, 1.82) is 0 Å². The van der Waals surface area contributed by atoms with Crippen LogP contribution in [0.1, 0.15) is 93.4 Å². The standard InChI is InChI=1S/C27H37N5.C10H20/c1-7-19(2)20(3)15-24(28-5)25-16-26(22-9-8-10-22)32-18-23(11-12-27(32)29-25)31-14-13-30(6)21(4)17-31;1-5-7-8-10(4)9(3)6-2/h11-12,15-16,18,21H,2,7-10,13-14,17H2,1,3-6H3;8-9H,5-7H2,1-4H3/b20-15+,28-24?;10-8-. The van der Waals surface area contributed by atoms with E-state index < -0.39 is 0 Å². The van der Waals surface area contributed by atoms with Gasteiger partial charge in [0.1, 0.15) is 5.84 Å². The Bertz CT molecular complexity index is 1210. The van der Waals surface area contributed by atoms with E-state index in [-0.39, 0.29) is 0 Å². The van der Waals surface area contributed by atoms with Gasteiger partial charge in [0.05, 0.1) is 17.1 Å². The second-order valence-electron chi connectivity index (χ2n) is 12.3. The van der Waals surface area contributed by atoms with Crippen molar-refractivity contribution in [2.75, 3.05) is 33.7 Å². The molecule has 5 heteroatoms. The van der Waals surface area contributed by atoms with Crippen LogP contribution in [-0.4, -0.2) is 66.0 Å². The molecule has 0 amide bonds. The number of unbranched alkanes of at least 4 members (excludes halogenated alkanes) is 1. The van der Waals surface area contributed by atoms with Crippen LogP contribution in [-0.2, 0) is 0 Å². The van der Waals surface area contributed by atoms with Gasteiger partial charge in [-0.25, -0.2) is 4.99 Å². The van der Waals surface area contributed by atoms with Gasteiger partial charge in [-0.05, 0) is 108 Å². The fourth-order valence-electron chi connectivity index (χ4n) is 5.34. The third-order valence-corrected chi connectivity index (χ3v) is 9.31. The Labute approximate surface area is 257 Å². The van der Waals surface area contributed by atoms with Crippen molar-refractivity contribution in [2.45, 2.75) is 99.5 Å². The highest BCUT2D eigenvalue weighted by atomic mass is 15.3. The van der Waals surface area contributed by atoms with Gasteiger partial charge in [-0.1, -0.05) is 57.9 Å². The minimum atomic E-state index is 0.557. The van der Waals surface area contributed by atoms with Gasteiger partial charge in [0.15, 0.2) is 0 Å². The van der Waals surface area contributed by atoms with Gasteiger partial charge in [0.2, 0.25) is 0 Å². The van der Waals surface area contributed by atoms with Crippen LogP contribution in [0.15, 0.2) is 92.5 Å². The SMILES string of the molecule is C=C(CC)/C(C)=C/C(=NC)C1=CC(=C2CCC2)N2C=C(N3CCN(C)C(C)C3)C=CC2=N1.CCC/C=C(/C)C(C)CC.